The molecule has 0 aliphatic carbocycles. The van der Waals surface area contributed by atoms with Gasteiger partial charge in [-0.3, -0.25) is 4.79 Å². The number of hydrogen-bond acceptors (Lipinski definition) is 4. The number of nitrogens with one attached hydrogen (secondary N) is 2. The molecule has 0 unspecified atom stereocenters. The maximum Gasteiger partial charge on any atom is 0.239 e. The van der Waals surface area contributed by atoms with Crippen molar-refractivity contribution in [2.24, 2.45) is 0 Å². The zero-order chi connectivity index (χ0) is 18.9. The Labute approximate surface area is 168 Å². The molecular formula is C20H21N3O2S2. The average molecular weight is 400 g/mol. The largest absolute Gasteiger partial charge is 0.467 e. The van der Waals surface area contributed by atoms with Gasteiger partial charge in [0.15, 0.2) is 5.11 Å². The van der Waals surface area contributed by atoms with E-state index in [1.807, 2.05) is 30.3 Å². The summed E-state index contributed by atoms with van der Waals surface area (Å²) in [5.41, 5.74) is 1.17. The Bertz CT molecular complexity index is 834. The van der Waals surface area contributed by atoms with E-state index >= 15 is 0 Å². The van der Waals surface area contributed by atoms with E-state index in [1.54, 1.807) is 23.7 Å². The number of thiophene rings is 1. The summed E-state index contributed by atoms with van der Waals surface area (Å²) in [6.45, 7) is 1.86. The Morgan fingerprint density at radius 2 is 1.89 bits per heavy atom. The molecule has 0 fully saturated rings. The van der Waals surface area contributed by atoms with Crippen LogP contribution in [0.5, 0.6) is 0 Å². The van der Waals surface area contributed by atoms with Crippen molar-refractivity contribution in [1.29, 1.82) is 0 Å². The van der Waals surface area contributed by atoms with E-state index in [-0.39, 0.29) is 12.5 Å². The third-order valence-corrected chi connectivity index (χ3v) is 5.13. The van der Waals surface area contributed by atoms with E-state index < -0.39 is 0 Å². The molecule has 2 heterocycles. The monoisotopic (exact) mass is 399 g/mol. The molecule has 0 aliphatic heterocycles. The minimum Gasteiger partial charge on any atom is -0.467 e. The molecule has 27 heavy (non-hydrogen) atoms. The van der Waals surface area contributed by atoms with Crippen LogP contribution in [0, 0.1) is 0 Å². The van der Waals surface area contributed by atoms with E-state index in [4.69, 9.17) is 16.6 Å². The minimum atomic E-state index is -0.135. The lowest BCUT2D eigenvalue weighted by atomic mass is 10.2. The summed E-state index contributed by atoms with van der Waals surface area (Å²) in [5, 5.41) is 8.47. The van der Waals surface area contributed by atoms with E-state index in [0.717, 1.165) is 0 Å². The van der Waals surface area contributed by atoms with Gasteiger partial charge in [0, 0.05) is 11.4 Å². The predicted octanol–water partition coefficient (Wildman–Crippen LogP) is 3.53. The smallest absolute Gasteiger partial charge is 0.239 e. The number of carbonyl (C=O) groups excluding carboxylic acids is 1. The number of hydrogen-bond donors (Lipinski definition) is 2. The standard InChI is InChI=1S/C20H21N3O2S2/c24-19(21-12-17-8-4-10-25-17)13-22-20(26)23(15-18-9-5-11-27-18)14-16-6-2-1-3-7-16/h1-11H,12-15H2,(H,21,24)(H,22,26). The van der Waals surface area contributed by atoms with Crippen molar-refractivity contribution in [3.8, 4) is 0 Å². The number of thiocarbonyl (C=S) groups is 1. The normalized spacial score (nSPS) is 10.4. The van der Waals surface area contributed by atoms with E-state index in [1.165, 1.54) is 10.4 Å². The van der Waals surface area contributed by atoms with Gasteiger partial charge in [-0.1, -0.05) is 36.4 Å². The molecule has 3 aromatic rings. The summed E-state index contributed by atoms with van der Waals surface area (Å²) in [4.78, 5) is 15.3. The SMILES string of the molecule is O=C(CNC(=S)N(Cc1ccccc1)Cc1cccs1)NCc1ccco1. The van der Waals surface area contributed by atoms with Gasteiger partial charge in [-0.15, -0.1) is 11.3 Å². The summed E-state index contributed by atoms with van der Waals surface area (Å²) < 4.78 is 5.20. The first kappa shape index (κ1) is 19.1. The topological polar surface area (TPSA) is 57.5 Å². The van der Waals surface area contributed by atoms with Crippen LogP contribution in [0.4, 0.5) is 0 Å². The lowest BCUT2D eigenvalue weighted by molar-refractivity contribution is -0.120. The first-order valence-electron chi connectivity index (χ1n) is 8.59. The number of rotatable bonds is 8. The van der Waals surface area contributed by atoms with Gasteiger partial charge < -0.3 is 20.0 Å². The molecule has 0 saturated carbocycles. The van der Waals surface area contributed by atoms with Gasteiger partial charge in [0.1, 0.15) is 5.76 Å². The average Bonchev–Trinajstić information content (AvgIpc) is 3.38. The third-order valence-electron chi connectivity index (χ3n) is 3.87. The molecule has 0 spiro atoms. The molecule has 0 bridgehead atoms. The Hall–Kier alpha value is -2.64. The lowest BCUT2D eigenvalue weighted by Crippen LogP contribution is -2.43. The van der Waals surface area contributed by atoms with Crippen LogP contribution in [0.3, 0.4) is 0 Å². The fourth-order valence-corrected chi connectivity index (χ4v) is 3.44. The van der Waals surface area contributed by atoms with Gasteiger partial charge in [-0.05, 0) is 41.4 Å². The number of carbonyl (C=O) groups is 1. The summed E-state index contributed by atoms with van der Waals surface area (Å²) in [6.07, 6.45) is 1.58. The molecule has 140 valence electrons. The molecule has 1 aromatic carbocycles. The molecule has 0 aliphatic rings. The van der Waals surface area contributed by atoms with Crippen molar-refractivity contribution in [3.05, 3.63) is 82.4 Å². The summed E-state index contributed by atoms with van der Waals surface area (Å²) >= 11 is 7.24. The fourth-order valence-electron chi connectivity index (χ4n) is 2.52. The van der Waals surface area contributed by atoms with Crippen molar-refractivity contribution in [2.45, 2.75) is 19.6 Å². The fraction of sp³-hybridized carbons (Fsp3) is 0.200. The van der Waals surface area contributed by atoms with Gasteiger partial charge in [-0.25, -0.2) is 0 Å². The molecule has 5 nitrogen and oxygen atoms in total. The van der Waals surface area contributed by atoms with Gasteiger partial charge in [0.25, 0.3) is 0 Å². The highest BCUT2D eigenvalue weighted by Crippen LogP contribution is 2.14. The van der Waals surface area contributed by atoms with Crippen molar-refractivity contribution in [1.82, 2.24) is 15.5 Å². The van der Waals surface area contributed by atoms with Gasteiger partial charge in [0.05, 0.1) is 25.9 Å². The third kappa shape index (κ3) is 6.23. The number of benzene rings is 1. The molecule has 3 rings (SSSR count). The van der Waals surface area contributed by atoms with Gasteiger partial charge in [0.2, 0.25) is 5.91 Å². The number of amides is 1. The first-order valence-corrected chi connectivity index (χ1v) is 9.87. The molecular weight excluding hydrogens is 378 g/mol. The van der Waals surface area contributed by atoms with E-state index in [0.29, 0.717) is 30.5 Å². The lowest BCUT2D eigenvalue weighted by Gasteiger charge is -2.25. The summed E-state index contributed by atoms with van der Waals surface area (Å²) in [7, 11) is 0. The maximum absolute atomic E-state index is 12.0. The molecule has 0 radical (unpaired) electrons. The Morgan fingerprint density at radius 3 is 2.59 bits per heavy atom. The first-order chi connectivity index (χ1) is 13.2. The van der Waals surface area contributed by atoms with Crippen LogP contribution in [0.2, 0.25) is 0 Å². The zero-order valence-corrected chi connectivity index (χ0v) is 16.4. The summed E-state index contributed by atoms with van der Waals surface area (Å²) in [5.74, 6) is 0.582. The zero-order valence-electron chi connectivity index (χ0n) is 14.8. The molecule has 0 saturated heterocycles. The summed E-state index contributed by atoms with van der Waals surface area (Å²) in [6, 6.07) is 17.9. The number of nitrogens with zero attached hydrogens (tertiary/aromatic N) is 1. The van der Waals surface area contributed by atoms with Crippen molar-refractivity contribution in [2.75, 3.05) is 6.54 Å². The quantitative estimate of drug-likeness (QED) is 0.568. The highest BCUT2D eigenvalue weighted by molar-refractivity contribution is 7.80. The van der Waals surface area contributed by atoms with Gasteiger partial charge >= 0.3 is 0 Å². The van der Waals surface area contributed by atoms with Crippen molar-refractivity contribution >= 4 is 34.6 Å². The van der Waals surface area contributed by atoms with Crippen LogP contribution < -0.4 is 10.6 Å². The van der Waals surface area contributed by atoms with Crippen LogP contribution >= 0.6 is 23.6 Å². The van der Waals surface area contributed by atoms with Crippen LogP contribution in [0.15, 0.2) is 70.7 Å². The van der Waals surface area contributed by atoms with Crippen molar-refractivity contribution < 1.29 is 9.21 Å². The van der Waals surface area contributed by atoms with E-state index in [9.17, 15) is 4.79 Å². The predicted molar refractivity (Wildman–Crippen MR) is 111 cm³/mol. The molecule has 2 N–H and O–H groups in total. The Balaban J connectivity index is 1.54. The highest BCUT2D eigenvalue weighted by Gasteiger charge is 2.13. The molecule has 0 atom stereocenters. The second kappa shape index (κ2) is 9.89. The Kier molecular flexibility index (Phi) is 7.01. The van der Waals surface area contributed by atoms with Crippen molar-refractivity contribution in [3.63, 3.8) is 0 Å². The molecule has 1 amide bonds. The second-order valence-electron chi connectivity index (χ2n) is 5.94. The molecule has 7 heteroatoms. The molecule has 2 aromatic heterocycles. The highest BCUT2D eigenvalue weighted by atomic mass is 32.1. The maximum atomic E-state index is 12.0. The van der Waals surface area contributed by atoms with Crippen LogP contribution in [-0.4, -0.2) is 22.5 Å². The minimum absolute atomic E-state index is 0.120. The van der Waals surface area contributed by atoms with Crippen LogP contribution in [0.25, 0.3) is 0 Å². The van der Waals surface area contributed by atoms with Crippen LogP contribution in [0.1, 0.15) is 16.2 Å². The Morgan fingerprint density at radius 1 is 1.04 bits per heavy atom. The second-order valence-corrected chi connectivity index (χ2v) is 7.35. The van der Waals surface area contributed by atoms with Gasteiger partial charge in [-0.2, -0.15) is 0 Å². The van der Waals surface area contributed by atoms with E-state index in [2.05, 4.69) is 39.1 Å². The van der Waals surface area contributed by atoms with Crippen LogP contribution in [-0.2, 0) is 24.4 Å². The number of furan rings is 1.